The fraction of sp³-hybridized carbons (Fsp3) is 0.316. The molecule has 3 rings (SSSR count). The fourth-order valence-corrected chi connectivity index (χ4v) is 3.43. The highest BCUT2D eigenvalue weighted by Crippen LogP contribution is 2.21. The molecule has 0 spiro atoms. The van der Waals surface area contributed by atoms with Crippen LogP contribution in [0, 0.1) is 0 Å². The predicted octanol–water partition coefficient (Wildman–Crippen LogP) is 4.63. The zero-order valence-electron chi connectivity index (χ0n) is 14.3. The average molecular weight is 434 g/mol. The van der Waals surface area contributed by atoms with Crippen LogP contribution >= 0.6 is 27.3 Å². The normalized spacial score (nSPS) is 10.8. The van der Waals surface area contributed by atoms with Crippen molar-refractivity contribution in [3.05, 3.63) is 57.7 Å². The standard InChI is InChI=1S/C19H20BrN3O2S/c20-15-9-7-14(8-10-15)13-17(24)21-11-3-1-2-6-18-22-19(23-25-18)16-5-4-12-26-16/h4-5,7-10,12H,1-3,6,11,13H2,(H,21,24). The van der Waals surface area contributed by atoms with Gasteiger partial charge in [-0.3, -0.25) is 4.79 Å². The highest BCUT2D eigenvalue weighted by Gasteiger charge is 2.09. The van der Waals surface area contributed by atoms with E-state index in [-0.39, 0.29) is 5.91 Å². The molecule has 1 N–H and O–H groups in total. The lowest BCUT2D eigenvalue weighted by atomic mass is 10.1. The van der Waals surface area contributed by atoms with Crippen LogP contribution in [0.3, 0.4) is 0 Å². The van der Waals surface area contributed by atoms with Crippen LogP contribution in [-0.4, -0.2) is 22.6 Å². The predicted molar refractivity (Wildman–Crippen MR) is 106 cm³/mol. The Kier molecular flexibility index (Phi) is 6.96. The molecule has 7 heteroatoms. The van der Waals surface area contributed by atoms with Crippen molar-refractivity contribution in [1.29, 1.82) is 0 Å². The molecular weight excluding hydrogens is 414 g/mol. The molecule has 0 aliphatic rings. The Hall–Kier alpha value is -1.99. The SMILES string of the molecule is O=C(Cc1ccc(Br)cc1)NCCCCCc1nc(-c2cccs2)no1. The van der Waals surface area contributed by atoms with Crippen LogP contribution < -0.4 is 5.32 Å². The van der Waals surface area contributed by atoms with Crippen molar-refractivity contribution in [2.24, 2.45) is 0 Å². The van der Waals surface area contributed by atoms with E-state index >= 15 is 0 Å². The number of rotatable bonds is 9. The third-order valence-electron chi connectivity index (χ3n) is 3.88. The number of carbonyl (C=O) groups excluding carboxylic acids is 1. The summed E-state index contributed by atoms with van der Waals surface area (Å²) in [6, 6.07) is 11.8. The van der Waals surface area contributed by atoms with Crippen molar-refractivity contribution in [2.45, 2.75) is 32.1 Å². The van der Waals surface area contributed by atoms with Gasteiger partial charge in [-0.25, -0.2) is 0 Å². The highest BCUT2D eigenvalue weighted by molar-refractivity contribution is 9.10. The van der Waals surface area contributed by atoms with E-state index in [1.54, 1.807) is 11.3 Å². The summed E-state index contributed by atoms with van der Waals surface area (Å²) in [5, 5.41) is 8.97. The van der Waals surface area contributed by atoms with Crippen molar-refractivity contribution in [1.82, 2.24) is 15.5 Å². The molecule has 0 aliphatic carbocycles. The summed E-state index contributed by atoms with van der Waals surface area (Å²) in [4.78, 5) is 17.3. The lowest BCUT2D eigenvalue weighted by Gasteiger charge is -2.05. The molecule has 1 aromatic carbocycles. The van der Waals surface area contributed by atoms with E-state index in [1.807, 2.05) is 41.8 Å². The maximum absolute atomic E-state index is 11.9. The van der Waals surface area contributed by atoms with Gasteiger partial charge in [0.25, 0.3) is 0 Å². The number of carbonyl (C=O) groups is 1. The van der Waals surface area contributed by atoms with E-state index in [0.717, 1.165) is 40.6 Å². The summed E-state index contributed by atoms with van der Waals surface area (Å²) >= 11 is 4.99. The van der Waals surface area contributed by atoms with Gasteiger partial charge < -0.3 is 9.84 Å². The van der Waals surface area contributed by atoms with E-state index in [9.17, 15) is 4.79 Å². The van der Waals surface area contributed by atoms with E-state index in [4.69, 9.17) is 4.52 Å². The number of benzene rings is 1. The van der Waals surface area contributed by atoms with E-state index in [1.165, 1.54) is 0 Å². The second-order valence-electron chi connectivity index (χ2n) is 5.95. The van der Waals surface area contributed by atoms with Gasteiger partial charge in [-0.2, -0.15) is 4.98 Å². The van der Waals surface area contributed by atoms with Gasteiger partial charge in [0.05, 0.1) is 11.3 Å². The average Bonchev–Trinajstić information content (AvgIpc) is 3.31. The van der Waals surface area contributed by atoms with Gasteiger partial charge in [0.2, 0.25) is 17.6 Å². The van der Waals surface area contributed by atoms with Gasteiger partial charge in [0, 0.05) is 17.4 Å². The van der Waals surface area contributed by atoms with Crippen LogP contribution in [0.2, 0.25) is 0 Å². The van der Waals surface area contributed by atoms with Crippen LogP contribution in [0.4, 0.5) is 0 Å². The zero-order chi connectivity index (χ0) is 18.2. The number of amides is 1. The third kappa shape index (κ3) is 5.78. The van der Waals surface area contributed by atoms with Crippen LogP contribution in [0.1, 0.15) is 30.7 Å². The van der Waals surface area contributed by atoms with Crippen molar-refractivity contribution >= 4 is 33.2 Å². The number of nitrogens with zero attached hydrogens (tertiary/aromatic N) is 2. The maximum Gasteiger partial charge on any atom is 0.226 e. The van der Waals surface area contributed by atoms with E-state index < -0.39 is 0 Å². The first-order valence-corrected chi connectivity index (χ1v) is 10.3. The number of hydrogen-bond acceptors (Lipinski definition) is 5. The summed E-state index contributed by atoms with van der Waals surface area (Å²) in [5.41, 5.74) is 1.02. The number of aryl methyl sites for hydroxylation is 1. The lowest BCUT2D eigenvalue weighted by molar-refractivity contribution is -0.120. The Bertz CT molecular complexity index is 816. The lowest BCUT2D eigenvalue weighted by Crippen LogP contribution is -2.26. The van der Waals surface area contributed by atoms with E-state index in [0.29, 0.717) is 24.7 Å². The summed E-state index contributed by atoms with van der Waals surface area (Å²) in [6.07, 6.45) is 4.11. The molecule has 136 valence electrons. The quantitative estimate of drug-likeness (QED) is 0.499. The largest absolute Gasteiger partial charge is 0.356 e. The molecule has 0 radical (unpaired) electrons. The molecule has 0 atom stereocenters. The fourth-order valence-electron chi connectivity index (χ4n) is 2.52. The molecule has 2 aromatic heterocycles. The molecule has 3 aromatic rings. The van der Waals surface area contributed by atoms with Gasteiger partial charge in [0.15, 0.2) is 0 Å². The van der Waals surface area contributed by atoms with Crippen LogP contribution in [0.5, 0.6) is 0 Å². The third-order valence-corrected chi connectivity index (χ3v) is 5.27. The molecule has 0 fully saturated rings. The summed E-state index contributed by atoms with van der Waals surface area (Å²) in [7, 11) is 0. The van der Waals surface area contributed by atoms with Crippen molar-refractivity contribution in [2.75, 3.05) is 6.54 Å². The molecule has 2 heterocycles. The molecule has 0 unspecified atom stereocenters. The number of halogens is 1. The molecule has 0 bridgehead atoms. The highest BCUT2D eigenvalue weighted by atomic mass is 79.9. The van der Waals surface area contributed by atoms with Gasteiger partial charge in [0.1, 0.15) is 0 Å². The zero-order valence-corrected chi connectivity index (χ0v) is 16.7. The van der Waals surface area contributed by atoms with Crippen molar-refractivity contribution in [3.8, 4) is 10.7 Å². The van der Waals surface area contributed by atoms with Gasteiger partial charge in [-0.15, -0.1) is 11.3 Å². The Balaban J connectivity index is 1.28. The Morgan fingerprint density at radius 1 is 1.15 bits per heavy atom. The second-order valence-corrected chi connectivity index (χ2v) is 7.82. The Morgan fingerprint density at radius 2 is 2.00 bits per heavy atom. The molecule has 1 amide bonds. The minimum Gasteiger partial charge on any atom is -0.356 e. The number of thiophene rings is 1. The van der Waals surface area contributed by atoms with Crippen LogP contribution in [-0.2, 0) is 17.6 Å². The smallest absolute Gasteiger partial charge is 0.226 e. The van der Waals surface area contributed by atoms with Gasteiger partial charge in [-0.05, 0) is 42.0 Å². The minimum absolute atomic E-state index is 0.0600. The molecule has 26 heavy (non-hydrogen) atoms. The van der Waals surface area contributed by atoms with Crippen molar-refractivity contribution < 1.29 is 9.32 Å². The first-order valence-electron chi connectivity index (χ1n) is 8.58. The second kappa shape index (κ2) is 9.64. The number of unbranched alkanes of at least 4 members (excludes halogenated alkanes) is 2. The molecule has 5 nitrogen and oxygen atoms in total. The monoisotopic (exact) mass is 433 g/mol. The number of hydrogen-bond donors (Lipinski definition) is 1. The molecule has 0 saturated carbocycles. The molecule has 0 aliphatic heterocycles. The van der Waals surface area contributed by atoms with Crippen LogP contribution in [0.25, 0.3) is 10.7 Å². The molecular formula is C19H20BrN3O2S. The number of aromatic nitrogens is 2. The topological polar surface area (TPSA) is 68.0 Å². The number of nitrogens with one attached hydrogen (secondary N) is 1. The van der Waals surface area contributed by atoms with Gasteiger partial charge in [-0.1, -0.05) is 45.7 Å². The first kappa shape index (κ1) is 18.8. The maximum atomic E-state index is 11.9. The Morgan fingerprint density at radius 3 is 2.77 bits per heavy atom. The minimum atomic E-state index is 0.0600. The van der Waals surface area contributed by atoms with Crippen LogP contribution in [0.15, 0.2) is 50.8 Å². The van der Waals surface area contributed by atoms with E-state index in [2.05, 4.69) is 31.4 Å². The Labute approximate surface area is 165 Å². The molecule has 0 saturated heterocycles. The van der Waals surface area contributed by atoms with Crippen molar-refractivity contribution in [3.63, 3.8) is 0 Å². The summed E-state index contributed by atoms with van der Waals surface area (Å²) in [5.74, 6) is 1.40. The summed E-state index contributed by atoms with van der Waals surface area (Å²) in [6.45, 7) is 0.694. The summed E-state index contributed by atoms with van der Waals surface area (Å²) < 4.78 is 6.30. The first-order chi connectivity index (χ1) is 12.7. The van der Waals surface area contributed by atoms with Gasteiger partial charge >= 0.3 is 0 Å².